The summed E-state index contributed by atoms with van der Waals surface area (Å²) in [5.41, 5.74) is 1.05. The molecule has 0 amide bonds. The molecule has 0 bridgehead atoms. The van der Waals surface area contributed by atoms with E-state index in [1.54, 1.807) is 24.3 Å². The molecule has 0 aliphatic carbocycles. The van der Waals surface area contributed by atoms with E-state index in [9.17, 15) is 9.59 Å². The van der Waals surface area contributed by atoms with Gasteiger partial charge in [0.2, 0.25) is 11.2 Å². The number of fused-ring (bicyclic) bond motifs is 1. The number of ether oxygens (including phenoxy) is 4. The monoisotopic (exact) mass is 398 g/mol. The molecule has 0 aliphatic rings. The van der Waals surface area contributed by atoms with E-state index in [0.717, 1.165) is 5.56 Å². The molecule has 0 saturated carbocycles. The van der Waals surface area contributed by atoms with Crippen molar-refractivity contribution in [3.05, 3.63) is 64.5 Å². The minimum atomic E-state index is -0.506. The Morgan fingerprint density at radius 3 is 2.72 bits per heavy atom. The molecule has 0 aliphatic heterocycles. The molecular weight excluding hydrogens is 376 g/mol. The van der Waals surface area contributed by atoms with Crippen molar-refractivity contribution in [3.63, 3.8) is 0 Å². The molecule has 0 atom stereocenters. The topological polar surface area (TPSA) is 84.2 Å². The van der Waals surface area contributed by atoms with Crippen molar-refractivity contribution in [2.45, 2.75) is 13.8 Å². The molecule has 0 fully saturated rings. The molecule has 0 saturated heterocycles. The molecule has 0 spiro atoms. The predicted molar refractivity (Wildman–Crippen MR) is 107 cm³/mol. The van der Waals surface area contributed by atoms with Gasteiger partial charge in [-0.15, -0.1) is 0 Å². The Morgan fingerprint density at radius 2 is 1.93 bits per heavy atom. The summed E-state index contributed by atoms with van der Waals surface area (Å²) in [5, 5.41) is 0.349. The van der Waals surface area contributed by atoms with Crippen LogP contribution in [-0.4, -0.2) is 32.4 Å². The summed E-state index contributed by atoms with van der Waals surface area (Å²) in [5.74, 6) is 0.525. The fourth-order valence-electron chi connectivity index (χ4n) is 2.60. The maximum atomic E-state index is 12.7. The Bertz CT molecular complexity index is 1040. The van der Waals surface area contributed by atoms with Crippen LogP contribution in [0.3, 0.4) is 0 Å². The molecule has 1 aromatic heterocycles. The lowest BCUT2D eigenvalue weighted by molar-refractivity contribution is -0.147. The Balaban J connectivity index is 1.66. The molecule has 0 radical (unpaired) electrons. The third kappa shape index (κ3) is 5.58. The zero-order chi connectivity index (χ0) is 20.6. The second-order valence-electron chi connectivity index (χ2n) is 6.21. The number of benzene rings is 2. The van der Waals surface area contributed by atoms with Crippen molar-refractivity contribution in [3.8, 4) is 17.2 Å². The van der Waals surface area contributed by atoms with Crippen LogP contribution in [0.25, 0.3) is 11.0 Å². The largest absolute Gasteiger partial charge is 0.482 e. The maximum absolute atomic E-state index is 12.7. The second kappa shape index (κ2) is 9.75. The number of hydrogen-bond donors (Lipinski definition) is 0. The normalized spacial score (nSPS) is 10.7. The van der Waals surface area contributed by atoms with E-state index in [4.69, 9.17) is 23.4 Å². The van der Waals surface area contributed by atoms with Crippen LogP contribution < -0.4 is 14.9 Å². The molecule has 7 heteroatoms. The maximum Gasteiger partial charge on any atom is 0.344 e. The van der Waals surface area contributed by atoms with Crippen LogP contribution in [0.15, 0.2) is 57.9 Å². The van der Waals surface area contributed by atoms with Crippen molar-refractivity contribution in [2.75, 3.05) is 26.4 Å². The van der Waals surface area contributed by atoms with Gasteiger partial charge in [0.05, 0.1) is 12.0 Å². The first kappa shape index (κ1) is 20.4. The van der Waals surface area contributed by atoms with Crippen LogP contribution in [0.5, 0.6) is 17.2 Å². The van der Waals surface area contributed by atoms with E-state index in [0.29, 0.717) is 35.7 Å². The average Bonchev–Trinajstić information content (AvgIpc) is 2.72. The first-order valence-corrected chi connectivity index (χ1v) is 9.23. The van der Waals surface area contributed by atoms with Crippen LogP contribution in [0.1, 0.15) is 12.5 Å². The average molecular weight is 398 g/mol. The van der Waals surface area contributed by atoms with Gasteiger partial charge < -0.3 is 23.4 Å². The number of esters is 1. The Labute approximate surface area is 167 Å². The molecule has 3 rings (SSSR count). The van der Waals surface area contributed by atoms with E-state index in [2.05, 4.69) is 0 Å². The number of carbonyl (C=O) groups excluding carboxylic acids is 1. The molecule has 7 nitrogen and oxygen atoms in total. The van der Waals surface area contributed by atoms with Gasteiger partial charge in [-0.25, -0.2) is 4.79 Å². The van der Waals surface area contributed by atoms with Gasteiger partial charge in [0.25, 0.3) is 0 Å². The summed E-state index contributed by atoms with van der Waals surface area (Å²) in [6, 6.07) is 12.1. The minimum Gasteiger partial charge on any atom is -0.482 e. The fourth-order valence-corrected chi connectivity index (χ4v) is 2.60. The SMILES string of the molecule is CCOCCOC(=O)COc1ccc2c(=O)c(Oc3cccc(C)c3)coc2c1. The van der Waals surface area contributed by atoms with Crippen LogP contribution in [0.4, 0.5) is 0 Å². The second-order valence-corrected chi connectivity index (χ2v) is 6.21. The third-order valence-corrected chi connectivity index (χ3v) is 3.98. The molecule has 2 aromatic carbocycles. The van der Waals surface area contributed by atoms with E-state index in [1.165, 1.54) is 6.26 Å². The lowest BCUT2D eigenvalue weighted by Crippen LogP contribution is -2.17. The van der Waals surface area contributed by atoms with Crippen molar-refractivity contribution in [1.29, 1.82) is 0 Å². The van der Waals surface area contributed by atoms with Crippen molar-refractivity contribution >= 4 is 16.9 Å². The number of carbonyl (C=O) groups is 1. The summed E-state index contributed by atoms with van der Waals surface area (Å²) in [7, 11) is 0. The minimum absolute atomic E-state index is 0.0923. The van der Waals surface area contributed by atoms with E-state index < -0.39 is 5.97 Å². The van der Waals surface area contributed by atoms with Gasteiger partial charge in [0, 0.05) is 12.7 Å². The molecule has 29 heavy (non-hydrogen) atoms. The van der Waals surface area contributed by atoms with Crippen molar-refractivity contribution < 1.29 is 28.2 Å². The Morgan fingerprint density at radius 1 is 1.07 bits per heavy atom. The van der Waals surface area contributed by atoms with Crippen molar-refractivity contribution in [2.24, 2.45) is 0 Å². The third-order valence-electron chi connectivity index (χ3n) is 3.98. The number of hydrogen-bond acceptors (Lipinski definition) is 7. The molecule has 0 unspecified atom stereocenters. The van der Waals surface area contributed by atoms with Gasteiger partial charge in [0.1, 0.15) is 30.0 Å². The summed E-state index contributed by atoms with van der Waals surface area (Å²) < 4.78 is 26.6. The number of rotatable bonds is 9. The van der Waals surface area contributed by atoms with Crippen LogP contribution in [0.2, 0.25) is 0 Å². The highest BCUT2D eigenvalue weighted by atomic mass is 16.6. The highest BCUT2D eigenvalue weighted by Gasteiger charge is 2.11. The zero-order valence-corrected chi connectivity index (χ0v) is 16.3. The molecule has 152 valence electrons. The highest BCUT2D eigenvalue weighted by Crippen LogP contribution is 2.24. The summed E-state index contributed by atoms with van der Waals surface area (Å²) >= 11 is 0. The first-order valence-electron chi connectivity index (χ1n) is 9.23. The lowest BCUT2D eigenvalue weighted by atomic mass is 10.2. The first-order chi connectivity index (χ1) is 14.1. The fraction of sp³-hybridized carbons (Fsp3) is 0.273. The van der Waals surface area contributed by atoms with Crippen LogP contribution in [-0.2, 0) is 14.3 Å². The Kier molecular flexibility index (Phi) is 6.86. The summed E-state index contributed by atoms with van der Waals surface area (Å²) in [6.45, 7) is 4.62. The van der Waals surface area contributed by atoms with Gasteiger partial charge in [-0.1, -0.05) is 12.1 Å². The molecular formula is C22H22O7. The van der Waals surface area contributed by atoms with E-state index in [1.807, 2.05) is 32.0 Å². The van der Waals surface area contributed by atoms with E-state index in [-0.39, 0.29) is 24.4 Å². The van der Waals surface area contributed by atoms with Gasteiger partial charge in [-0.3, -0.25) is 4.79 Å². The quantitative estimate of drug-likeness (QED) is 0.400. The Hall–Kier alpha value is -3.32. The van der Waals surface area contributed by atoms with Gasteiger partial charge in [-0.05, 0) is 43.7 Å². The van der Waals surface area contributed by atoms with Crippen LogP contribution >= 0.6 is 0 Å². The number of aryl methyl sites for hydroxylation is 1. The summed E-state index contributed by atoms with van der Waals surface area (Å²) in [6.07, 6.45) is 1.26. The highest BCUT2D eigenvalue weighted by molar-refractivity contribution is 5.79. The van der Waals surface area contributed by atoms with Crippen molar-refractivity contribution in [1.82, 2.24) is 0 Å². The van der Waals surface area contributed by atoms with Gasteiger partial charge in [0.15, 0.2) is 6.61 Å². The predicted octanol–water partition coefficient (Wildman–Crippen LogP) is 3.85. The van der Waals surface area contributed by atoms with E-state index >= 15 is 0 Å². The standard InChI is InChI=1S/C22H22O7/c1-3-25-9-10-26-21(23)14-27-16-7-8-18-19(12-16)28-13-20(22(18)24)29-17-6-4-5-15(2)11-17/h4-8,11-13H,3,9-10,14H2,1-2H3. The van der Waals surface area contributed by atoms with Gasteiger partial charge in [-0.2, -0.15) is 0 Å². The summed E-state index contributed by atoms with van der Waals surface area (Å²) in [4.78, 5) is 24.3. The lowest BCUT2D eigenvalue weighted by Gasteiger charge is -2.09. The molecule has 1 heterocycles. The smallest absolute Gasteiger partial charge is 0.344 e. The molecule has 0 N–H and O–H groups in total. The van der Waals surface area contributed by atoms with Gasteiger partial charge >= 0.3 is 5.97 Å². The zero-order valence-electron chi connectivity index (χ0n) is 16.3. The molecule has 3 aromatic rings. The van der Waals surface area contributed by atoms with Crippen LogP contribution in [0, 0.1) is 6.92 Å².